The molecule has 0 saturated carbocycles. The second-order valence-corrected chi connectivity index (χ2v) is 8.77. The third kappa shape index (κ3) is 4.77. The first-order valence-corrected chi connectivity index (χ1v) is 11.2. The summed E-state index contributed by atoms with van der Waals surface area (Å²) in [4.78, 5) is 25.3. The number of halogens is 2. The number of aromatic nitrogens is 3. The standard InChI is InChI=1S/C25H26F2N4O4/c1-3-21-25(2,34)20(33)10-19(35-21)14-7-8-29-11-13(14)9-18(32)23-17(28)12-30-24(31-23)22-15(26)5-4-6-16(22)27/h4-8,11-12,19-21,33-34H,3,9-10,28H2,1-2H3/t19-,20-,21-,25+/m0/s1. The average Bonchev–Trinajstić information content (AvgIpc) is 2.82. The van der Waals surface area contributed by atoms with Crippen LogP contribution in [0, 0.1) is 11.6 Å². The largest absolute Gasteiger partial charge is 0.396 e. The van der Waals surface area contributed by atoms with Crippen molar-refractivity contribution in [1.29, 1.82) is 0 Å². The van der Waals surface area contributed by atoms with Crippen LogP contribution in [0.1, 0.15) is 54.4 Å². The summed E-state index contributed by atoms with van der Waals surface area (Å²) in [6.45, 7) is 3.38. The maximum absolute atomic E-state index is 14.2. The predicted molar refractivity (Wildman–Crippen MR) is 123 cm³/mol. The zero-order chi connectivity index (χ0) is 25.3. The van der Waals surface area contributed by atoms with E-state index in [1.54, 1.807) is 12.3 Å². The van der Waals surface area contributed by atoms with Crippen molar-refractivity contribution >= 4 is 11.5 Å². The summed E-state index contributed by atoms with van der Waals surface area (Å²) >= 11 is 0. The van der Waals surface area contributed by atoms with Gasteiger partial charge in [-0.3, -0.25) is 9.78 Å². The van der Waals surface area contributed by atoms with Crippen molar-refractivity contribution in [1.82, 2.24) is 15.0 Å². The van der Waals surface area contributed by atoms with Crippen molar-refractivity contribution in [3.05, 3.63) is 71.3 Å². The van der Waals surface area contributed by atoms with E-state index in [2.05, 4.69) is 15.0 Å². The molecule has 184 valence electrons. The highest BCUT2D eigenvalue weighted by Crippen LogP contribution is 2.39. The quantitative estimate of drug-likeness (QED) is 0.455. The molecule has 1 aromatic carbocycles. The number of rotatable bonds is 6. The Morgan fingerprint density at radius 1 is 1.26 bits per heavy atom. The number of nitrogens with two attached hydrogens (primary N) is 1. The number of nitrogen functional groups attached to an aromatic ring is 1. The normalized spacial score (nSPS) is 24.3. The van der Waals surface area contributed by atoms with Crippen molar-refractivity contribution in [3.8, 4) is 11.4 Å². The van der Waals surface area contributed by atoms with Gasteiger partial charge in [0, 0.05) is 25.2 Å². The van der Waals surface area contributed by atoms with E-state index in [0.29, 0.717) is 17.5 Å². The number of ether oxygens (including phenoxy) is 1. The minimum atomic E-state index is -1.40. The first kappa shape index (κ1) is 24.8. The molecule has 10 heteroatoms. The molecule has 0 amide bonds. The number of hydrogen-bond donors (Lipinski definition) is 3. The highest BCUT2D eigenvalue weighted by atomic mass is 19.1. The fraction of sp³-hybridized carbons (Fsp3) is 0.360. The first-order valence-electron chi connectivity index (χ1n) is 11.2. The van der Waals surface area contributed by atoms with Gasteiger partial charge >= 0.3 is 0 Å². The molecule has 1 aliphatic rings. The van der Waals surface area contributed by atoms with Crippen LogP contribution in [-0.2, 0) is 11.2 Å². The second-order valence-electron chi connectivity index (χ2n) is 8.77. The van der Waals surface area contributed by atoms with Gasteiger partial charge in [-0.1, -0.05) is 13.0 Å². The Morgan fingerprint density at radius 2 is 1.97 bits per heavy atom. The second kappa shape index (κ2) is 9.73. The summed E-state index contributed by atoms with van der Waals surface area (Å²) in [6.07, 6.45) is 2.41. The Hall–Kier alpha value is -3.34. The Bertz CT molecular complexity index is 1230. The Labute approximate surface area is 200 Å². The van der Waals surface area contributed by atoms with Gasteiger partial charge in [0.2, 0.25) is 0 Å². The summed E-state index contributed by atoms with van der Waals surface area (Å²) in [7, 11) is 0. The number of aliphatic hydroxyl groups excluding tert-OH is 1. The van der Waals surface area contributed by atoms with Gasteiger partial charge in [-0.15, -0.1) is 0 Å². The highest BCUT2D eigenvalue weighted by molar-refractivity contribution is 6.00. The van der Waals surface area contributed by atoms with Gasteiger partial charge in [-0.25, -0.2) is 18.7 Å². The van der Waals surface area contributed by atoms with Crippen LogP contribution in [0.5, 0.6) is 0 Å². The molecular weight excluding hydrogens is 458 g/mol. The van der Waals surface area contributed by atoms with Gasteiger partial charge in [-0.2, -0.15) is 0 Å². The lowest BCUT2D eigenvalue weighted by atomic mass is 9.82. The molecule has 4 atom stereocenters. The van der Waals surface area contributed by atoms with Gasteiger partial charge in [0.05, 0.1) is 35.8 Å². The fourth-order valence-corrected chi connectivity index (χ4v) is 4.36. The summed E-state index contributed by atoms with van der Waals surface area (Å²) in [5, 5.41) is 21.1. The van der Waals surface area contributed by atoms with E-state index >= 15 is 0 Å². The van der Waals surface area contributed by atoms with Gasteiger partial charge < -0.3 is 20.7 Å². The molecule has 2 aromatic heterocycles. The third-order valence-electron chi connectivity index (χ3n) is 6.37. The lowest BCUT2D eigenvalue weighted by Gasteiger charge is -2.44. The molecule has 0 bridgehead atoms. The zero-order valence-corrected chi connectivity index (χ0v) is 19.3. The third-order valence-corrected chi connectivity index (χ3v) is 6.37. The molecule has 0 unspecified atom stereocenters. The molecule has 1 saturated heterocycles. The van der Waals surface area contributed by atoms with Crippen LogP contribution >= 0.6 is 0 Å². The zero-order valence-electron chi connectivity index (χ0n) is 19.3. The number of carbonyl (C=O) groups is 1. The van der Waals surface area contributed by atoms with Crippen molar-refractivity contribution in [2.24, 2.45) is 0 Å². The number of nitrogens with zero attached hydrogens (tertiary/aromatic N) is 3. The lowest BCUT2D eigenvalue weighted by Crippen LogP contribution is -2.55. The predicted octanol–water partition coefficient (Wildman–Crippen LogP) is 3.18. The lowest BCUT2D eigenvalue weighted by molar-refractivity contribution is -0.222. The summed E-state index contributed by atoms with van der Waals surface area (Å²) in [6, 6.07) is 5.05. The van der Waals surface area contributed by atoms with Crippen LogP contribution in [0.25, 0.3) is 11.4 Å². The van der Waals surface area contributed by atoms with Crippen LogP contribution in [0.4, 0.5) is 14.5 Å². The SMILES string of the molecule is CC[C@@H]1O[C@H](c2ccncc2CC(=O)c2nc(-c3c(F)cccc3F)ncc2N)C[C@H](O)[C@@]1(C)O. The van der Waals surface area contributed by atoms with Crippen molar-refractivity contribution in [2.75, 3.05) is 5.73 Å². The molecule has 8 nitrogen and oxygen atoms in total. The molecule has 0 radical (unpaired) electrons. The van der Waals surface area contributed by atoms with E-state index in [9.17, 15) is 23.8 Å². The summed E-state index contributed by atoms with van der Waals surface area (Å²) < 4.78 is 34.5. The maximum atomic E-state index is 14.2. The molecule has 4 rings (SSSR count). The Morgan fingerprint density at radius 3 is 2.66 bits per heavy atom. The summed E-state index contributed by atoms with van der Waals surface area (Å²) in [5.41, 5.74) is 5.02. The molecule has 1 aliphatic heterocycles. The minimum absolute atomic E-state index is 0.0348. The van der Waals surface area contributed by atoms with E-state index in [1.165, 1.54) is 19.2 Å². The Kier molecular flexibility index (Phi) is 6.88. The molecule has 3 aromatic rings. The molecular formula is C25H26F2N4O4. The average molecular weight is 485 g/mol. The van der Waals surface area contributed by atoms with E-state index in [-0.39, 0.29) is 30.0 Å². The molecule has 0 spiro atoms. The van der Waals surface area contributed by atoms with E-state index in [1.807, 2.05) is 6.92 Å². The number of anilines is 1. The van der Waals surface area contributed by atoms with Crippen LogP contribution in [-0.4, -0.2) is 48.8 Å². The van der Waals surface area contributed by atoms with Crippen LogP contribution in [0.3, 0.4) is 0 Å². The number of benzene rings is 1. The maximum Gasteiger partial charge on any atom is 0.187 e. The molecule has 3 heterocycles. The van der Waals surface area contributed by atoms with Gasteiger partial charge in [0.15, 0.2) is 11.6 Å². The van der Waals surface area contributed by atoms with Gasteiger partial charge in [0.1, 0.15) is 22.9 Å². The van der Waals surface area contributed by atoms with Crippen LogP contribution in [0.2, 0.25) is 0 Å². The number of Topliss-reactive ketones (excluding diaryl/α,β-unsaturated/α-hetero) is 1. The number of pyridine rings is 1. The van der Waals surface area contributed by atoms with Crippen LogP contribution < -0.4 is 5.73 Å². The van der Waals surface area contributed by atoms with Crippen molar-refractivity contribution in [3.63, 3.8) is 0 Å². The molecule has 4 N–H and O–H groups in total. The minimum Gasteiger partial charge on any atom is -0.396 e. The fourth-order valence-electron chi connectivity index (χ4n) is 4.36. The molecule has 1 fully saturated rings. The Balaban J connectivity index is 1.64. The van der Waals surface area contributed by atoms with E-state index in [4.69, 9.17) is 10.5 Å². The molecule has 0 aliphatic carbocycles. The van der Waals surface area contributed by atoms with Crippen LogP contribution in [0.15, 0.2) is 42.9 Å². The van der Waals surface area contributed by atoms with Crippen molar-refractivity contribution in [2.45, 2.75) is 57.0 Å². The molecule has 35 heavy (non-hydrogen) atoms. The monoisotopic (exact) mass is 484 g/mol. The smallest absolute Gasteiger partial charge is 0.187 e. The van der Waals surface area contributed by atoms with Crippen molar-refractivity contribution < 1.29 is 28.5 Å². The topological polar surface area (TPSA) is 131 Å². The van der Waals surface area contributed by atoms with Gasteiger partial charge in [-0.05, 0) is 42.7 Å². The number of aliphatic hydroxyl groups is 2. The number of hydrogen-bond acceptors (Lipinski definition) is 8. The first-order chi connectivity index (χ1) is 16.6. The number of carbonyl (C=O) groups excluding carboxylic acids is 1. The number of ketones is 1. The van der Waals surface area contributed by atoms with E-state index < -0.39 is 46.9 Å². The van der Waals surface area contributed by atoms with Gasteiger partial charge in [0.25, 0.3) is 0 Å². The highest BCUT2D eigenvalue weighted by Gasteiger charge is 2.46. The van der Waals surface area contributed by atoms with E-state index in [0.717, 1.165) is 18.3 Å². The summed E-state index contributed by atoms with van der Waals surface area (Å²) in [5.74, 6) is -2.53.